The summed E-state index contributed by atoms with van der Waals surface area (Å²) in [5.41, 5.74) is 9.60. The van der Waals surface area contributed by atoms with Gasteiger partial charge in [-0.15, -0.1) is 0 Å². The molecule has 0 fully saturated rings. The summed E-state index contributed by atoms with van der Waals surface area (Å²) in [5.74, 6) is 0. The summed E-state index contributed by atoms with van der Waals surface area (Å²) >= 11 is 4.93. The first-order valence-electron chi connectivity index (χ1n) is 4.76. The van der Waals surface area contributed by atoms with Crippen molar-refractivity contribution in [3.05, 3.63) is 41.1 Å². The van der Waals surface area contributed by atoms with E-state index in [1.165, 1.54) is 5.56 Å². The van der Waals surface area contributed by atoms with Crippen molar-refractivity contribution in [3.63, 3.8) is 0 Å². The molecule has 1 aromatic heterocycles. The zero-order chi connectivity index (χ0) is 11.0. The van der Waals surface area contributed by atoms with E-state index in [4.69, 9.17) is 18.0 Å². The van der Waals surface area contributed by atoms with Gasteiger partial charge in [-0.2, -0.15) is 0 Å². The highest BCUT2D eigenvalue weighted by molar-refractivity contribution is 7.80. The lowest BCUT2D eigenvalue weighted by Gasteiger charge is -2.05. The van der Waals surface area contributed by atoms with Crippen LogP contribution in [0.3, 0.4) is 0 Å². The molecule has 0 aliphatic rings. The summed E-state index contributed by atoms with van der Waals surface area (Å²) in [7, 11) is 0. The highest BCUT2D eigenvalue weighted by Gasteiger charge is 2.04. The predicted octanol–water partition coefficient (Wildman–Crippen LogP) is 2.49. The van der Waals surface area contributed by atoms with E-state index in [-0.39, 0.29) is 0 Å². The van der Waals surface area contributed by atoms with Crippen molar-refractivity contribution in [3.8, 4) is 0 Å². The van der Waals surface area contributed by atoms with Gasteiger partial charge in [0.05, 0.1) is 11.2 Å². The third-order valence-corrected chi connectivity index (χ3v) is 2.63. The molecule has 0 unspecified atom stereocenters. The molecule has 2 nitrogen and oxygen atoms in total. The molecule has 1 aromatic carbocycles. The van der Waals surface area contributed by atoms with Crippen LogP contribution in [0.2, 0.25) is 0 Å². The van der Waals surface area contributed by atoms with Crippen molar-refractivity contribution in [2.75, 3.05) is 0 Å². The number of benzene rings is 1. The molecule has 0 saturated heterocycles. The number of thiocarbonyl (C=S) groups is 1. The van der Waals surface area contributed by atoms with Crippen LogP contribution in [0.4, 0.5) is 0 Å². The Morgan fingerprint density at radius 1 is 1.27 bits per heavy atom. The number of rotatable bonds is 1. The molecule has 0 aliphatic heterocycles. The van der Waals surface area contributed by atoms with Gasteiger partial charge in [0.2, 0.25) is 0 Å². The van der Waals surface area contributed by atoms with Crippen LogP contribution in [0, 0.1) is 13.8 Å². The fourth-order valence-electron chi connectivity index (χ4n) is 1.63. The van der Waals surface area contributed by atoms with Crippen molar-refractivity contribution in [2.45, 2.75) is 13.8 Å². The molecule has 0 aliphatic carbocycles. The molecular formula is C12H12N2S. The molecular weight excluding hydrogens is 204 g/mol. The van der Waals surface area contributed by atoms with E-state index >= 15 is 0 Å². The summed E-state index contributed by atoms with van der Waals surface area (Å²) in [5, 5.41) is 1.16. The fourth-order valence-corrected chi connectivity index (χ4v) is 1.74. The van der Waals surface area contributed by atoms with Crippen LogP contribution in [0.1, 0.15) is 16.8 Å². The van der Waals surface area contributed by atoms with Gasteiger partial charge in [-0.05, 0) is 37.6 Å². The summed E-state index contributed by atoms with van der Waals surface area (Å²) in [6.45, 7) is 4.12. The quantitative estimate of drug-likeness (QED) is 0.744. The molecule has 0 radical (unpaired) electrons. The standard InChI is InChI=1S/C12H12N2S/c1-7-3-4-10-9(5-7)8(2)6-11(14-10)12(13)15/h3-6H,1-2H3,(H2,13,15). The monoisotopic (exact) mass is 216 g/mol. The molecule has 15 heavy (non-hydrogen) atoms. The first-order chi connectivity index (χ1) is 7.08. The second kappa shape index (κ2) is 3.59. The maximum Gasteiger partial charge on any atom is 0.122 e. The van der Waals surface area contributed by atoms with Crippen LogP contribution in [-0.4, -0.2) is 9.97 Å². The third kappa shape index (κ3) is 1.83. The Labute approximate surface area is 94.1 Å². The SMILES string of the molecule is Cc1ccc2nc(C(N)=S)cc(C)c2c1. The maximum atomic E-state index is 5.57. The van der Waals surface area contributed by atoms with Crippen LogP contribution in [-0.2, 0) is 0 Å². The molecule has 0 atom stereocenters. The molecule has 2 rings (SSSR count). The van der Waals surface area contributed by atoms with E-state index in [1.807, 2.05) is 25.1 Å². The number of hydrogen-bond acceptors (Lipinski definition) is 2. The molecule has 1 heterocycles. The van der Waals surface area contributed by atoms with Crippen LogP contribution in [0.15, 0.2) is 24.3 Å². The molecule has 2 aromatic rings. The van der Waals surface area contributed by atoms with E-state index in [0.717, 1.165) is 16.5 Å². The lowest BCUT2D eigenvalue weighted by molar-refractivity contribution is 1.32. The first-order valence-corrected chi connectivity index (χ1v) is 5.16. The van der Waals surface area contributed by atoms with Crippen LogP contribution in [0.25, 0.3) is 10.9 Å². The van der Waals surface area contributed by atoms with E-state index in [9.17, 15) is 0 Å². The topological polar surface area (TPSA) is 38.9 Å². The van der Waals surface area contributed by atoms with Gasteiger partial charge in [-0.3, -0.25) is 0 Å². The zero-order valence-electron chi connectivity index (χ0n) is 8.74. The van der Waals surface area contributed by atoms with Crippen LogP contribution in [0.5, 0.6) is 0 Å². The number of aryl methyl sites for hydroxylation is 2. The lowest BCUT2D eigenvalue weighted by Crippen LogP contribution is -2.11. The largest absolute Gasteiger partial charge is 0.388 e. The van der Waals surface area contributed by atoms with Crippen LogP contribution < -0.4 is 5.73 Å². The van der Waals surface area contributed by atoms with Gasteiger partial charge in [0.25, 0.3) is 0 Å². The molecule has 3 heteroatoms. The zero-order valence-corrected chi connectivity index (χ0v) is 9.56. The lowest BCUT2D eigenvalue weighted by atomic mass is 10.1. The number of pyridine rings is 1. The molecule has 0 amide bonds. The summed E-state index contributed by atoms with van der Waals surface area (Å²) in [6.07, 6.45) is 0. The first kappa shape index (κ1) is 10.1. The minimum atomic E-state index is 0.348. The highest BCUT2D eigenvalue weighted by atomic mass is 32.1. The normalized spacial score (nSPS) is 10.5. The number of nitrogens with two attached hydrogens (primary N) is 1. The van der Waals surface area contributed by atoms with E-state index in [2.05, 4.69) is 18.0 Å². The molecule has 0 saturated carbocycles. The van der Waals surface area contributed by atoms with E-state index in [1.54, 1.807) is 0 Å². The van der Waals surface area contributed by atoms with Gasteiger partial charge in [0, 0.05) is 5.39 Å². The number of hydrogen-bond donors (Lipinski definition) is 1. The second-order valence-electron chi connectivity index (χ2n) is 3.71. The average molecular weight is 216 g/mol. The van der Waals surface area contributed by atoms with Crippen molar-refractivity contribution < 1.29 is 0 Å². The Bertz CT molecular complexity index is 547. The van der Waals surface area contributed by atoms with Crippen molar-refractivity contribution in [2.24, 2.45) is 5.73 Å². The van der Waals surface area contributed by atoms with Crippen molar-refractivity contribution in [1.29, 1.82) is 0 Å². The number of aromatic nitrogens is 1. The van der Waals surface area contributed by atoms with Gasteiger partial charge in [0.1, 0.15) is 4.99 Å². The average Bonchev–Trinajstić information content (AvgIpc) is 2.18. The Kier molecular flexibility index (Phi) is 2.40. The summed E-state index contributed by atoms with van der Waals surface area (Å²) < 4.78 is 0. The smallest absolute Gasteiger partial charge is 0.122 e. The molecule has 0 bridgehead atoms. The molecule has 76 valence electrons. The number of fused-ring (bicyclic) bond motifs is 1. The van der Waals surface area contributed by atoms with Crippen molar-refractivity contribution in [1.82, 2.24) is 4.98 Å². The van der Waals surface area contributed by atoms with E-state index < -0.39 is 0 Å². The maximum absolute atomic E-state index is 5.57. The fraction of sp³-hybridized carbons (Fsp3) is 0.167. The Balaban J connectivity index is 2.78. The molecule has 2 N–H and O–H groups in total. The minimum Gasteiger partial charge on any atom is -0.388 e. The second-order valence-corrected chi connectivity index (χ2v) is 4.15. The van der Waals surface area contributed by atoms with Crippen LogP contribution >= 0.6 is 12.2 Å². The minimum absolute atomic E-state index is 0.348. The Hall–Kier alpha value is -1.48. The van der Waals surface area contributed by atoms with Crippen molar-refractivity contribution >= 4 is 28.1 Å². The molecule has 0 spiro atoms. The Morgan fingerprint density at radius 3 is 2.67 bits per heavy atom. The van der Waals surface area contributed by atoms with Gasteiger partial charge in [0.15, 0.2) is 0 Å². The van der Waals surface area contributed by atoms with Gasteiger partial charge in [-0.25, -0.2) is 4.98 Å². The Morgan fingerprint density at radius 2 is 2.00 bits per heavy atom. The summed E-state index contributed by atoms with van der Waals surface area (Å²) in [6, 6.07) is 8.10. The predicted molar refractivity (Wildman–Crippen MR) is 67.1 cm³/mol. The summed E-state index contributed by atoms with van der Waals surface area (Å²) in [4.78, 5) is 4.76. The van der Waals surface area contributed by atoms with Gasteiger partial charge >= 0.3 is 0 Å². The third-order valence-electron chi connectivity index (χ3n) is 2.42. The number of nitrogens with zero attached hydrogens (tertiary/aromatic N) is 1. The van der Waals surface area contributed by atoms with Gasteiger partial charge < -0.3 is 5.73 Å². The van der Waals surface area contributed by atoms with E-state index in [0.29, 0.717) is 10.7 Å². The highest BCUT2D eigenvalue weighted by Crippen LogP contribution is 2.19. The van der Waals surface area contributed by atoms with Gasteiger partial charge in [-0.1, -0.05) is 23.8 Å².